The molecule has 2 heterocycles. The summed E-state index contributed by atoms with van der Waals surface area (Å²) < 4.78 is 9.39. The van der Waals surface area contributed by atoms with Crippen LogP contribution in [-0.2, 0) is 6.42 Å². The molecule has 92 valence electrons. The molecule has 3 aromatic rings. The predicted molar refractivity (Wildman–Crippen MR) is 73.3 cm³/mol. The van der Waals surface area contributed by atoms with E-state index in [0.717, 1.165) is 22.6 Å². The second kappa shape index (κ2) is 5.07. The van der Waals surface area contributed by atoms with Crippen molar-refractivity contribution in [1.82, 2.24) is 19.2 Å². The molecule has 0 aliphatic heterocycles. The number of aromatic nitrogens is 3. The van der Waals surface area contributed by atoms with Crippen LogP contribution in [0.25, 0.3) is 10.2 Å². The van der Waals surface area contributed by atoms with Gasteiger partial charge in [0, 0.05) is 6.42 Å². The highest BCUT2D eigenvalue weighted by molar-refractivity contribution is 7.18. The first kappa shape index (κ1) is 11.7. The van der Waals surface area contributed by atoms with Gasteiger partial charge in [0.05, 0.1) is 44.9 Å². The Morgan fingerprint density at radius 3 is 2.94 bits per heavy atom. The molecule has 18 heavy (non-hydrogen) atoms. The number of thiazole rings is 1. The van der Waals surface area contributed by atoms with Gasteiger partial charge in [0.25, 0.3) is 0 Å². The third-order valence-electron chi connectivity index (χ3n) is 2.65. The molecule has 0 aliphatic rings. The zero-order chi connectivity index (χ0) is 12.4. The Bertz CT molecular complexity index is 601. The maximum Gasteiger partial charge on any atom is 0.0958 e. The van der Waals surface area contributed by atoms with Crippen molar-refractivity contribution in [3.63, 3.8) is 0 Å². The molecule has 1 unspecified atom stereocenters. The first-order valence-electron chi connectivity index (χ1n) is 5.45. The number of para-hydroxylation sites is 1. The Balaban J connectivity index is 1.86. The molecule has 7 heteroatoms. The second-order valence-corrected chi connectivity index (χ2v) is 5.50. The first-order valence-corrected chi connectivity index (χ1v) is 6.99. The minimum Gasteiger partial charge on any atom is -0.271 e. The highest BCUT2D eigenvalue weighted by atomic mass is 32.1. The monoisotopic (exact) mass is 277 g/mol. The third-order valence-corrected chi connectivity index (χ3v) is 4.20. The number of nitrogens with one attached hydrogen (secondary N) is 1. The van der Waals surface area contributed by atoms with Crippen molar-refractivity contribution in [3.05, 3.63) is 41.2 Å². The molecule has 0 saturated heterocycles. The van der Waals surface area contributed by atoms with Crippen molar-refractivity contribution in [2.45, 2.75) is 12.5 Å². The van der Waals surface area contributed by atoms with Crippen LogP contribution in [0, 0.1) is 0 Å². The van der Waals surface area contributed by atoms with Gasteiger partial charge in [-0.25, -0.2) is 4.98 Å². The summed E-state index contributed by atoms with van der Waals surface area (Å²) in [7, 11) is 0. The summed E-state index contributed by atoms with van der Waals surface area (Å²) in [4.78, 5) is 4.59. The van der Waals surface area contributed by atoms with Crippen LogP contribution >= 0.6 is 23.1 Å². The van der Waals surface area contributed by atoms with Crippen molar-refractivity contribution < 1.29 is 0 Å². The van der Waals surface area contributed by atoms with Crippen molar-refractivity contribution in [1.29, 1.82) is 0 Å². The molecule has 3 N–H and O–H groups in total. The number of rotatable bonds is 4. The Hall–Kier alpha value is -1.41. The quantitative estimate of drug-likeness (QED) is 0.562. The lowest BCUT2D eigenvalue weighted by atomic mass is 10.2. The van der Waals surface area contributed by atoms with Gasteiger partial charge in [0.15, 0.2) is 0 Å². The number of nitrogens with two attached hydrogens (primary N) is 1. The topological polar surface area (TPSA) is 76.7 Å². The molecule has 0 amide bonds. The fourth-order valence-corrected chi connectivity index (χ4v) is 3.24. The maximum atomic E-state index is 5.57. The Morgan fingerprint density at radius 1 is 1.33 bits per heavy atom. The second-order valence-electron chi connectivity index (χ2n) is 3.83. The average molecular weight is 277 g/mol. The van der Waals surface area contributed by atoms with Gasteiger partial charge in [0.1, 0.15) is 0 Å². The lowest BCUT2D eigenvalue weighted by molar-refractivity contribution is 0.541. The summed E-state index contributed by atoms with van der Waals surface area (Å²) in [6.07, 6.45) is 2.46. The van der Waals surface area contributed by atoms with Crippen LogP contribution in [0.5, 0.6) is 0 Å². The van der Waals surface area contributed by atoms with E-state index < -0.39 is 0 Å². The molecule has 2 aromatic heterocycles. The van der Waals surface area contributed by atoms with Crippen LogP contribution < -0.4 is 11.3 Å². The van der Waals surface area contributed by atoms with E-state index in [1.165, 1.54) is 16.4 Å². The molecule has 3 rings (SSSR count). The van der Waals surface area contributed by atoms with Crippen LogP contribution in [0.1, 0.15) is 16.7 Å². The smallest absolute Gasteiger partial charge is 0.0958 e. The van der Waals surface area contributed by atoms with E-state index >= 15 is 0 Å². The molecule has 1 aromatic carbocycles. The SMILES string of the molecule is NNC(Cc1nc2ccccc2s1)c1cnsn1. The highest BCUT2D eigenvalue weighted by Gasteiger charge is 2.15. The van der Waals surface area contributed by atoms with E-state index in [1.54, 1.807) is 17.5 Å². The lowest BCUT2D eigenvalue weighted by Gasteiger charge is -2.10. The van der Waals surface area contributed by atoms with Crippen LogP contribution in [0.3, 0.4) is 0 Å². The number of hydrazine groups is 1. The standard InChI is InChI=1S/C11H11N5S2/c12-15-8(9-6-13-18-16-9)5-11-14-7-3-1-2-4-10(7)17-11/h1-4,6,8,15H,5,12H2. The van der Waals surface area contributed by atoms with Crippen molar-refractivity contribution in [3.8, 4) is 0 Å². The van der Waals surface area contributed by atoms with Gasteiger partial charge >= 0.3 is 0 Å². The Kier molecular flexibility index (Phi) is 3.28. The van der Waals surface area contributed by atoms with Crippen LogP contribution in [0.2, 0.25) is 0 Å². The summed E-state index contributed by atoms with van der Waals surface area (Å²) in [5.41, 5.74) is 4.66. The largest absolute Gasteiger partial charge is 0.271 e. The zero-order valence-corrected chi connectivity index (χ0v) is 11.0. The molecule has 5 nitrogen and oxygen atoms in total. The molecule has 0 saturated carbocycles. The number of nitrogens with zero attached hydrogens (tertiary/aromatic N) is 3. The number of hydrogen-bond donors (Lipinski definition) is 2. The molecule has 0 radical (unpaired) electrons. The highest BCUT2D eigenvalue weighted by Crippen LogP contribution is 2.25. The van der Waals surface area contributed by atoms with Crippen molar-refractivity contribution >= 4 is 33.3 Å². The maximum absolute atomic E-state index is 5.57. The third kappa shape index (κ3) is 2.25. The summed E-state index contributed by atoms with van der Waals surface area (Å²) in [6.45, 7) is 0. The van der Waals surface area contributed by atoms with Gasteiger partial charge in [-0.1, -0.05) is 12.1 Å². The van der Waals surface area contributed by atoms with Crippen molar-refractivity contribution in [2.75, 3.05) is 0 Å². The van der Waals surface area contributed by atoms with E-state index in [1.807, 2.05) is 18.2 Å². The minimum absolute atomic E-state index is 0.0377. The molecular weight excluding hydrogens is 266 g/mol. The van der Waals surface area contributed by atoms with E-state index in [2.05, 4.69) is 25.2 Å². The lowest BCUT2D eigenvalue weighted by Crippen LogP contribution is -2.29. The van der Waals surface area contributed by atoms with Gasteiger partial charge in [-0.2, -0.15) is 8.75 Å². The number of benzene rings is 1. The van der Waals surface area contributed by atoms with E-state index in [0.29, 0.717) is 0 Å². The normalized spacial score (nSPS) is 12.9. The molecule has 0 fully saturated rings. The van der Waals surface area contributed by atoms with Gasteiger partial charge < -0.3 is 0 Å². The predicted octanol–water partition coefficient (Wildman–Crippen LogP) is 1.89. The molecular formula is C11H11N5S2. The number of hydrogen-bond acceptors (Lipinski definition) is 7. The van der Waals surface area contributed by atoms with Crippen LogP contribution in [0.4, 0.5) is 0 Å². The average Bonchev–Trinajstić information content (AvgIpc) is 3.04. The van der Waals surface area contributed by atoms with E-state index in [4.69, 9.17) is 5.84 Å². The first-order chi connectivity index (χ1) is 8.86. The van der Waals surface area contributed by atoms with Gasteiger partial charge in [0.2, 0.25) is 0 Å². The molecule has 0 aliphatic carbocycles. The van der Waals surface area contributed by atoms with Crippen LogP contribution in [0.15, 0.2) is 30.5 Å². The minimum atomic E-state index is -0.0377. The summed E-state index contributed by atoms with van der Waals surface area (Å²) in [6, 6.07) is 8.07. The zero-order valence-electron chi connectivity index (χ0n) is 9.41. The molecule has 1 atom stereocenters. The van der Waals surface area contributed by atoms with Gasteiger partial charge in [-0.3, -0.25) is 11.3 Å². The fraction of sp³-hybridized carbons (Fsp3) is 0.182. The van der Waals surface area contributed by atoms with Crippen molar-refractivity contribution in [2.24, 2.45) is 5.84 Å². The van der Waals surface area contributed by atoms with Crippen LogP contribution in [-0.4, -0.2) is 13.7 Å². The van der Waals surface area contributed by atoms with E-state index in [9.17, 15) is 0 Å². The van der Waals surface area contributed by atoms with E-state index in [-0.39, 0.29) is 6.04 Å². The Morgan fingerprint density at radius 2 is 2.22 bits per heavy atom. The molecule has 0 spiro atoms. The summed E-state index contributed by atoms with van der Waals surface area (Å²) >= 11 is 2.87. The summed E-state index contributed by atoms with van der Waals surface area (Å²) in [5.74, 6) is 5.57. The fourth-order valence-electron chi connectivity index (χ4n) is 1.76. The Labute approximate surface area is 112 Å². The van der Waals surface area contributed by atoms with Gasteiger partial charge in [-0.15, -0.1) is 11.3 Å². The molecule has 0 bridgehead atoms. The summed E-state index contributed by atoms with van der Waals surface area (Å²) in [5, 5.41) is 1.05. The van der Waals surface area contributed by atoms with Gasteiger partial charge in [-0.05, 0) is 12.1 Å². The number of fused-ring (bicyclic) bond motifs is 1.